The Balaban J connectivity index is 2.36. The van der Waals surface area contributed by atoms with Gasteiger partial charge in [0, 0.05) is 13.0 Å². The van der Waals surface area contributed by atoms with Crippen molar-refractivity contribution in [1.29, 1.82) is 0 Å². The molecular weight excluding hydrogens is 207 g/mol. The van der Waals surface area contributed by atoms with Crippen LogP contribution >= 0.6 is 8.25 Å². The highest BCUT2D eigenvalue weighted by Gasteiger charge is 2.33. The molecule has 0 aromatic heterocycles. The van der Waals surface area contributed by atoms with Crippen molar-refractivity contribution < 1.29 is 23.5 Å². The molecule has 4 atom stereocenters. The molecule has 1 N–H and O–H groups in total. The summed E-state index contributed by atoms with van der Waals surface area (Å²) in [4.78, 5) is 8.52. The largest absolute Gasteiger partial charge is 0.376 e. The Kier molecular flexibility index (Phi) is 5.06. The van der Waals surface area contributed by atoms with E-state index in [9.17, 15) is 4.57 Å². The SMILES string of the molecule is CCOC1C[C@H](C)O[C@@H]1CO[PH](=O)O. The molecule has 14 heavy (non-hydrogen) atoms. The third kappa shape index (κ3) is 3.67. The molecule has 1 rings (SSSR count). The maximum absolute atomic E-state index is 10.4. The summed E-state index contributed by atoms with van der Waals surface area (Å²) in [7, 11) is -2.86. The van der Waals surface area contributed by atoms with E-state index >= 15 is 0 Å². The molecule has 6 heteroatoms. The summed E-state index contributed by atoms with van der Waals surface area (Å²) < 4.78 is 26.0. The zero-order valence-electron chi connectivity index (χ0n) is 8.43. The van der Waals surface area contributed by atoms with E-state index in [1.165, 1.54) is 0 Å². The van der Waals surface area contributed by atoms with Gasteiger partial charge in [0.2, 0.25) is 0 Å². The molecule has 1 saturated heterocycles. The number of rotatable bonds is 5. The molecule has 1 aliphatic heterocycles. The summed E-state index contributed by atoms with van der Waals surface area (Å²) in [6.45, 7) is 4.61. The molecule has 0 bridgehead atoms. The van der Waals surface area contributed by atoms with Crippen molar-refractivity contribution in [1.82, 2.24) is 0 Å². The average Bonchev–Trinajstić information content (AvgIpc) is 2.44. The van der Waals surface area contributed by atoms with Crippen LogP contribution in [-0.4, -0.2) is 36.4 Å². The number of hydrogen-bond donors (Lipinski definition) is 1. The fraction of sp³-hybridized carbons (Fsp3) is 1.00. The molecule has 0 amide bonds. The second kappa shape index (κ2) is 5.83. The fourth-order valence-corrected chi connectivity index (χ4v) is 1.92. The lowest BCUT2D eigenvalue weighted by Gasteiger charge is -2.17. The minimum absolute atomic E-state index is 0.0173. The van der Waals surface area contributed by atoms with E-state index in [0.717, 1.165) is 6.42 Å². The van der Waals surface area contributed by atoms with Gasteiger partial charge in [0.15, 0.2) is 0 Å². The minimum atomic E-state index is -2.86. The van der Waals surface area contributed by atoms with E-state index in [2.05, 4.69) is 4.52 Å². The smallest absolute Gasteiger partial charge is 0.316 e. The summed E-state index contributed by atoms with van der Waals surface area (Å²) in [5.74, 6) is 0. The van der Waals surface area contributed by atoms with Crippen LogP contribution in [0, 0.1) is 0 Å². The normalized spacial score (nSPS) is 34.6. The standard InChI is InChI=1S/C8H17O5P/c1-3-11-7-4-6(2)13-8(7)5-12-14(9)10/h6-8,14H,3-5H2,1-2H3,(H,9,10)/t6-,7?,8+/m0/s1. The van der Waals surface area contributed by atoms with Crippen molar-refractivity contribution in [3.63, 3.8) is 0 Å². The van der Waals surface area contributed by atoms with Crippen molar-refractivity contribution in [2.75, 3.05) is 13.2 Å². The van der Waals surface area contributed by atoms with Gasteiger partial charge in [0.25, 0.3) is 0 Å². The van der Waals surface area contributed by atoms with Crippen LogP contribution in [0.2, 0.25) is 0 Å². The molecule has 0 aromatic rings. The molecule has 5 nitrogen and oxygen atoms in total. The maximum atomic E-state index is 10.4. The van der Waals surface area contributed by atoms with Crippen LogP contribution in [0.4, 0.5) is 0 Å². The predicted octanol–water partition coefficient (Wildman–Crippen LogP) is 0.967. The van der Waals surface area contributed by atoms with Gasteiger partial charge in [-0.25, -0.2) is 0 Å². The fourth-order valence-electron chi connectivity index (χ4n) is 1.61. The molecule has 0 aliphatic carbocycles. The number of hydrogen-bond acceptors (Lipinski definition) is 4. The third-order valence-electron chi connectivity index (χ3n) is 2.14. The van der Waals surface area contributed by atoms with Crippen LogP contribution in [0.5, 0.6) is 0 Å². The molecule has 1 heterocycles. The van der Waals surface area contributed by atoms with Crippen LogP contribution in [-0.2, 0) is 18.6 Å². The van der Waals surface area contributed by atoms with Crippen molar-refractivity contribution in [2.24, 2.45) is 0 Å². The van der Waals surface area contributed by atoms with E-state index in [4.69, 9.17) is 14.4 Å². The first-order valence-corrected chi connectivity index (χ1v) is 6.02. The van der Waals surface area contributed by atoms with Crippen molar-refractivity contribution in [2.45, 2.75) is 38.6 Å². The van der Waals surface area contributed by atoms with Crippen LogP contribution in [0.1, 0.15) is 20.3 Å². The summed E-state index contributed by atoms with van der Waals surface area (Å²) in [5.41, 5.74) is 0. The summed E-state index contributed by atoms with van der Waals surface area (Å²) in [5, 5.41) is 0. The van der Waals surface area contributed by atoms with Crippen LogP contribution in [0.3, 0.4) is 0 Å². The minimum Gasteiger partial charge on any atom is -0.376 e. The van der Waals surface area contributed by atoms with E-state index in [1.807, 2.05) is 13.8 Å². The summed E-state index contributed by atoms with van der Waals surface area (Å²) in [6, 6.07) is 0. The Labute approximate surface area is 84.3 Å². The average molecular weight is 224 g/mol. The van der Waals surface area contributed by atoms with E-state index in [-0.39, 0.29) is 24.9 Å². The topological polar surface area (TPSA) is 65.0 Å². The second-order valence-corrected chi connectivity index (χ2v) is 4.11. The van der Waals surface area contributed by atoms with E-state index < -0.39 is 8.25 Å². The van der Waals surface area contributed by atoms with Gasteiger partial charge in [0.05, 0.1) is 18.8 Å². The van der Waals surface area contributed by atoms with Gasteiger partial charge >= 0.3 is 8.25 Å². The zero-order chi connectivity index (χ0) is 10.6. The van der Waals surface area contributed by atoms with Gasteiger partial charge in [-0.3, -0.25) is 4.57 Å². The first-order chi connectivity index (χ1) is 6.63. The Hall–Kier alpha value is 0.0700. The Bertz CT molecular complexity index is 198. The number of ether oxygens (including phenoxy) is 2. The first-order valence-electron chi connectivity index (χ1n) is 4.76. The molecule has 1 fully saturated rings. The van der Waals surface area contributed by atoms with Crippen molar-refractivity contribution in [3.05, 3.63) is 0 Å². The Morgan fingerprint density at radius 3 is 2.93 bits per heavy atom. The quantitative estimate of drug-likeness (QED) is 0.705. The molecule has 0 aromatic carbocycles. The molecule has 1 aliphatic rings. The van der Waals surface area contributed by atoms with Gasteiger partial charge in [-0.15, -0.1) is 0 Å². The first kappa shape index (κ1) is 12.1. The molecule has 2 unspecified atom stereocenters. The molecule has 84 valence electrons. The van der Waals surface area contributed by atoms with Gasteiger partial charge in [-0.05, 0) is 13.8 Å². The predicted molar refractivity (Wildman–Crippen MR) is 51.5 cm³/mol. The molecule has 0 spiro atoms. The molecule has 0 saturated carbocycles. The highest BCUT2D eigenvalue weighted by Crippen LogP contribution is 2.26. The lowest BCUT2D eigenvalue weighted by molar-refractivity contribution is -0.0366. The molecular formula is C8H17O5P. The highest BCUT2D eigenvalue weighted by atomic mass is 31.1. The van der Waals surface area contributed by atoms with Gasteiger partial charge in [-0.1, -0.05) is 0 Å². The van der Waals surface area contributed by atoms with E-state index in [1.54, 1.807) is 0 Å². The zero-order valence-corrected chi connectivity index (χ0v) is 9.43. The maximum Gasteiger partial charge on any atom is 0.316 e. The van der Waals surface area contributed by atoms with Crippen LogP contribution in [0.25, 0.3) is 0 Å². The Morgan fingerprint density at radius 1 is 1.64 bits per heavy atom. The monoisotopic (exact) mass is 224 g/mol. The second-order valence-electron chi connectivity index (χ2n) is 3.29. The van der Waals surface area contributed by atoms with Gasteiger partial charge in [0.1, 0.15) is 6.10 Å². The Morgan fingerprint density at radius 2 is 2.36 bits per heavy atom. The summed E-state index contributed by atoms with van der Waals surface area (Å²) >= 11 is 0. The van der Waals surface area contributed by atoms with Gasteiger partial charge in [-0.2, -0.15) is 0 Å². The third-order valence-corrected chi connectivity index (χ3v) is 2.55. The molecule has 0 radical (unpaired) electrons. The summed E-state index contributed by atoms with van der Waals surface area (Å²) in [6.07, 6.45) is 0.706. The van der Waals surface area contributed by atoms with Crippen LogP contribution in [0.15, 0.2) is 0 Å². The lowest BCUT2D eigenvalue weighted by Crippen LogP contribution is -2.28. The van der Waals surface area contributed by atoms with Crippen LogP contribution < -0.4 is 0 Å². The van der Waals surface area contributed by atoms with Crippen molar-refractivity contribution in [3.8, 4) is 0 Å². The van der Waals surface area contributed by atoms with E-state index in [0.29, 0.717) is 6.61 Å². The highest BCUT2D eigenvalue weighted by molar-refractivity contribution is 7.32. The van der Waals surface area contributed by atoms with Gasteiger partial charge < -0.3 is 18.9 Å². The van der Waals surface area contributed by atoms with Crippen molar-refractivity contribution >= 4 is 8.25 Å². The lowest BCUT2D eigenvalue weighted by atomic mass is 10.1.